The van der Waals surface area contributed by atoms with Gasteiger partial charge in [0.2, 0.25) is 0 Å². The summed E-state index contributed by atoms with van der Waals surface area (Å²) in [6.45, 7) is 1.87. The Kier molecular flexibility index (Phi) is 2.75. The van der Waals surface area contributed by atoms with Crippen molar-refractivity contribution in [2.45, 2.75) is 13.3 Å². The molecule has 0 bridgehead atoms. The molecule has 1 nitrogen and oxygen atoms in total. The number of alkyl halides is 3. The van der Waals surface area contributed by atoms with Gasteiger partial charge in [-0.25, -0.2) is 0 Å². The molecule has 1 aromatic heterocycles. The summed E-state index contributed by atoms with van der Waals surface area (Å²) in [5, 5.41) is 2.68. The van der Waals surface area contributed by atoms with Gasteiger partial charge in [0.05, 0.1) is 5.02 Å². The topological polar surface area (TPSA) is 9.23 Å². The number of thiophene rings is 1. The maximum Gasteiger partial charge on any atom is 0.573 e. The average Bonchev–Trinajstić information content (AvgIpc) is 2.47. The van der Waals surface area contributed by atoms with Crippen molar-refractivity contribution in [2.75, 3.05) is 0 Å². The maximum absolute atomic E-state index is 12.0. The van der Waals surface area contributed by atoms with Gasteiger partial charge in [-0.3, -0.25) is 0 Å². The van der Waals surface area contributed by atoms with Gasteiger partial charge in [0.25, 0.3) is 0 Å². The highest BCUT2D eigenvalue weighted by Gasteiger charge is 2.32. The van der Waals surface area contributed by atoms with Crippen LogP contribution in [0.1, 0.15) is 5.56 Å². The molecule has 6 heteroatoms. The quantitative estimate of drug-likeness (QED) is 0.723. The molecular weight excluding hydrogens is 261 g/mol. The second-order valence-electron chi connectivity index (χ2n) is 3.25. The number of hydrogen-bond donors (Lipinski definition) is 0. The van der Waals surface area contributed by atoms with Crippen molar-refractivity contribution in [3.05, 3.63) is 28.1 Å². The van der Waals surface area contributed by atoms with Gasteiger partial charge in [-0.2, -0.15) is 0 Å². The third-order valence-electron chi connectivity index (χ3n) is 2.05. The summed E-state index contributed by atoms with van der Waals surface area (Å²) in [5.41, 5.74) is 0.987. The predicted molar refractivity (Wildman–Crippen MR) is 58.3 cm³/mol. The first kappa shape index (κ1) is 11.5. The third kappa shape index (κ3) is 2.25. The van der Waals surface area contributed by atoms with Crippen molar-refractivity contribution in [2.24, 2.45) is 0 Å². The van der Waals surface area contributed by atoms with Crippen molar-refractivity contribution >= 4 is 33.0 Å². The van der Waals surface area contributed by atoms with Gasteiger partial charge in [-0.1, -0.05) is 11.6 Å². The number of fused-ring (bicyclic) bond motifs is 1. The van der Waals surface area contributed by atoms with Gasteiger partial charge < -0.3 is 4.74 Å². The zero-order chi connectivity index (χ0) is 11.9. The van der Waals surface area contributed by atoms with E-state index in [9.17, 15) is 13.2 Å². The lowest BCUT2D eigenvalue weighted by Gasteiger charge is -2.10. The molecule has 86 valence electrons. The summed E-state index contributed by atoms with van der Waals surface area (Å²) in [6.07, 6.45) is -4.72. The Bertz CT molecular complexity index is 533. The zero-order valence-corrected chi connectivity index (χ0v) is 9.63. The fourth-order valence-corrected chi connectivity index (χ4v) is 2.51. The zero-order valence-electron chi connectivity index (χ0n) is 8.06. The van der Waals surface area contributed by atoms with Crippen LogP contribution in [0.3, 0.4) is 0 Å². The second-order valence-corrected chi connectivity index (χ2v) is 4.56. The molecular formula is C10H6ClF3OS. The van der Waals surface area contributed by atoms with Crippen molar-refractivity contribution in [1.82, 2.24) is 0 Å². The highest BCUT2D eigenvalue weighted by Crippen LogP contribution is 2.37. The van der Waals surface area contributed by atoms with Gasteiger partial charge in [-0.05, 0) is 35.4 Å². The van der Waals surface area contributed by atoms with E-state index in [1.807, 2.05) is 12.3 Å². The van der Waals surface area contributed by atoms with E-state index >= 15 is 0 Å². The Hall–Kier alpha value is -0.940. The minimum atomic E-state index is -4.72. The molecule has 0 aliphatic heterocycles. The maximum atomic E-state index is 12.0. The van der Waals surface area contributed by atoms with E-state index in [0.717, 1.165) is 15.6 Å². The van der Waals surface area contributed by atoms with Gasteiger partial charge in [0.1, 0.15) is 5.75 Å². The van der Waals surface area contributed by atoms with Crippen LogP contribution in [0.5, 0.6) is 5.75 Å². The normalized spacial score (nSPS) is 12.1. The van der Waals surface area contributed by atoms with E-state index in [0.29, 0.717) is 0 Å². The molecule has 0 unspecified atom stereocenters. The van der Waals surface area contributed by atoms with E-state index in [4.69, 9.17) is 11.6 Å². The Balaban J connectivity index is 2.51. The predicted octanol–water partition coefficient (Wildman–Crippen LogP) is 4.76. The summed E-state index contributed by atoms with van der Waals surface area (Å²) < 4.78 is 40.7. The molecule has 0 aliphatic carbocycles. The Morgan fingerprint density at radius 3 is 2.62 bits per heavy atom. The van der Waals surface area contributed by atoms with Crippen LogP contribution in [0.25, 0.3) is 10.1 Å². The minimum absolute atomic E-state index is 0.0358. The van der Waals surface area contributed by atoms with E-state index in [1.54, 1.807) is 0 Å². The molecule has 2 aromatic rings. The molecule has 0 saturated carbocycles. The average molecular weight is 267 g/mol. The van der Waals surface area contributed by atoms with E-state index < -0.39 is 6.36 Å². The lowest BCUT2D eigenvalue weighted by molar-refractivity contribution is -0.274. The van der Waals surface area contributed by atoms with Gasteiger partial charge in [0, 0.05) is 4.70 Å². The van der Waals surface area contributed by atoms with Crippen molar-refractivity contribution in [3.8, 4) is 5.75 Å². The molecule has 2 rings (SSSR count). The van der Waals surface area contributed by atoms with Gasteiger partial charge >= 0.3 is 6.36 Å². The molecule has 1 aromatic carbocycles. The minimum Gasteiger partial charge on any atom is -0.404 e. The summed E-state index contributed by atoms with van der Waals surface area (Å²) in [4.78, 5) is 0. The smallest absolute Gasteiger partial charge is 0.404 e. The van der Waals surface area contributed by atoms with Crippen LogP contribution >= 0.6 is 22.9 Å². The van der Waals surface area contributed by atoms with Crippen LogP contribution in [0, 0.1) is 6.92 Å². The molecule has 0 atom stereocenters. The lowest BCUT2D eigenvalue weighted by atomic mass is 10.2. The fourth-order valence-electron chi connectivity index (χ4n) is 1.36. The van der Waals surface area contributed by atoms with Crippen LogP contribution in [0.2, 0.25) is 5.02 Å². The summed E-state index contributed by atoms with van der Waals surface area (Å²) >= 11 is 7.07. The van der Waals surface area contributed by atoms with Crippen LogP contribution in [0.4, 0.5) is 13.2 Å². The molecule has 0 saturated heterocycles. The first-order valence-electron chi connectivity index (χ1n) is 4.30. The Morgan fingerprint density at radius 2 is 2.00 bits per heavy atom. The van der Waals surface area contributed by atoms with E-state index in [-0.39, 0.29) is 10.8 Å². The fraction of sp³-hybridized carbons (Fsp3) is 0.200. The number of hydrogen-bond acceptors (Lipinski definition) is 2. The summed E-state index contributed by atoms with van der Waals surface area (Å²) in [7, 11) is 0. The van der Waals surface area contributed by atoms with Crippen LogP contribution in [-0.2, 0) is 0 Å². The number of rotatable bonds is 1. The number of aryl methyl sites for hydroxylation is 1. The van der Waals surface area contributed by atoms with Crippen molar-refractivity contribution < 1.29 is 17.9 Å². The van der Waals surface area contributed by atoms with E-state index in [1.165, 1.54) is 23.5 Å². The van der Waals surface area contributed by atoms with Crippen molar-refractivity contribution in [3.63, 3.8) is 0 Å². The first-order chi connectivity index (χ1) is 7.37. The molecule has 0 radical (unpaired) electrons. The number of benzene rings is 1. The summed E-state index contributed by atoms with van der Waals surface area (Å²) in [5.74, 6) is -0.358. The monoisotopic (exact) mass is 266 g/mol. The van der Waals surface area contributed by atoms with Gasteiger partial charge in [0.15, 0.2) is 0 Å². The molecule has 16 heavy (non-hydrogen) atoms. The Morgan fingerprint density at radius 1 is 1.31 bits per heavy atom. The third-order valence-corrected chi connectivity index (χ3v) is 3.41. The highest BCUT2D eigenvalue weighted by atomic mass is 35.5. The first-order valence-corrected chi connectivity index (χ1v) is 5.55. The Labute approximate surface area is 98.4 Å². The standard InChI is InChI=1S/C10H6ClF3OS/c1-5-4-16-9-3-8(15-10(12,13)14)7(11)2-6(5)9/h2-4H,1H3. The van der Waals surface area contributed by atoms with Crippen LogP contribution in [0.15, 0.2) is 17.5 Å². The van der Waals surface area contributed by atoms with E-state index in [2.05, 4.69) is 4.74 Å². The number of halogens is 4. The lowest BCUT2D eigenvalue weighted by Crippen LogP contribution is -2.17. The molecule has 1 heterocycles. The van der Waals surface area contributed by atoms with Gasteiger partial charge in [-0.15, -0.1) is 24.5 Å². The van der Waals surface area contributed by atoms with Crippen molar-refractivity contribution in [1.29, 1.82) is 0 Å². The molecule has 0 fully saturated rings. The molecule has 0 spiro atoms. The molecule has 0 amide bonds. The second kappa shape index (κ2) is 3.82. The summed E-state index contributed by atoms with van der Waals surface area (Å²) in [6, 6.07) is 2.80. The highest BCUT2D eigenvalue weighted by molar-refractivity contribution is 7.17. The van der Waals surface area contributed by atoms with Crippen LogP contribution < -0.4 is 4.74 Å². The largest absolute Gasteiger partial charge is 0.573 e. The van der Waals surface area contributed by atoms with Crippen LogP contribution in [-0.4, -0.2) is 6.36 Å². The molecule has 0 aliphatic rings. The number of ether oxygens (including phenoxy) is 1. The SMILES string of the molecule is Cc1csc2cc(OC(F)(F)F)c(Cl)cc12. The molecule has 0 N–H and O–H groups in total.